The molecule has 1 aromatic heterocycles. The third-order valence-electron chi connectivity index (χ3n) is 3.61. The number of halogens is 1. The van der Waals surface area contributed by atoms with E-state index in [1.807, 2.05) is 0 Å². The number of aryl methyl sites for hydroxylation is 1. The number of fused-ring (bicyclic) bond motifs is 1. The first-order valence-electron chi connectivity index (χ1n) is 7.27. The molecule has 0 bridgehead atoms. The summed E-state index contributed by atoms with van der Waals surface area (Å²) in [5.41, 5.74) is 3.59. The van der Waals surface area contributed by atoms with E-state index in [0.29, 0.717) is 6.04 Å². The third-order valence-corrected chi connectivity index (χ3v) is 4.17. The van der Waals surface area contributed by atoms with Crippen molar-refractivity contribution < 1.29 is 0 Å². The molecule has 0 saturated carbocycles. The molecule has 0 N–H and O–H groups in total. The molecule has 0 unspecified atom stereocenters. The van der Waals surface area contributed by atoms with Crippen molar-refractivity contribution in [2.75, 3.05) is 11.9 Å². The highest BCUT2D eigenvalue weighted by atomic mass is 79.9. The van der Waals surface area contributed by atoms with E-state index in [1.54, 1.807) is 0 Å². The first kappa shape index (κ1) is 15.5. The molecule has 0 radical (unpaired) electrons. The number of hydrogen-bond acceptors (Lipinski definition) is 2. The summed E-state index contributed by atoms with van der Waals surface area (Å²) in [5.74, 6) is 0. The van der Waals surface area contributed by atoms with Gasteiger partial charge in [-0.25, -0.2) is 0 Å². The van der Waals surface area contributed by atoms with Crippen LogP contribution in [0.1, 0.15) is 31.5 Å². The van der Waals surface area contributed by atoms with E-state index in [-0.39, 0.29) is 0 Å². The number of hydrogen-bond donors (Lipinski definition) is 0. The topological polar surface area (TPSA) is 16.1 Å². The molecule has 2 aromatic rings. The Labute approximate surface area is 130 Å². The van der Waals surface area contributed by atoms with Gasteiger partial charge in [0.1, 0.15) is 0 Å². The van der Waals surface area contributed by atoms with Crippen LogP contribution in [0.2, 0.25) is 0 Å². The lowest BCUT2D eigenvalue weighted by atomic mass is 10.1. The lowest BCUT2D eigenvalue weighted by Crippen LogP contribution is -2.31. The average molecular weight is 335 g/mol. The normalized spacial score (nSPS) is 11.7. The van der Waals surface area contributed by atoms with Gasteiger partial charge in [0.15, 0.2) is 0 Å². The maximum Gasteiger partial charge on any atom is 0.0708 e. The van der Waals surface area contributed by atoms with Gasteiger partial charge in [0, 0.05) is 29.0 Å². The van der Waals surface area contributed by atoms with Crippen LogP contribution in [0.4, 0.5) is 0 Å². The number of para-hydroxylation sites is 1. The van der Waals surface area contributed by atoms with Gasteiger partial charge in [0.05, 0.1) is 5.52 Å². The van der Waals surface area contributed by atoms with Gasteiger partial charge in [0.25, 0.3) is 0 Å². The molecular weight excluding hydrogens is 312 g/mol. The van der Waals surface area contributed by atoms with Crippen LogP contribution in [0, 0.1) is 6.92 Å². The molecule has 0 saturated heterocycles. The van der Waals surface area contributed by atoms with Crippen LogP contribution in [0.3, 0.4) is 0 Å². The summed E-state index contributed by atoms with van der Waals surface area (Å²) in [4.78, 5) is 7.15. The van der Waals surface area contributed by atoms with Gasteiger partial charge < -0.3 is 0 Å². The Morgan fingerprint density at radius 3 is 2.70 bits per heavy atom. The van der Waals surface area contributed by atoms with E-state index in [0.717, 1.165) is 29.6 Å². The molecule has 108 valence electrons. The number of pyridine rings is 1. The van der Waals surface area contributed by atoms with Gasteiger partial charge in [-0.05, 0) is 51.4 Å². The Morgan fingerprint density at radius 1 is 1.25 bits per heavy atom. The minimum Gasteiger partial charge on any atom is -0.297 e. The number of aromatic nitrogens is 1. The van der Waals surface area contributed by atoms with Crippen LogP contribution in [0.15, 0.2) is 30.3 Å². The van der Waals surface area contributed by atoms with Gasteiger partial charge in [0.2, 0.25) is 0 Å². The summed E-state index contributed by atoms with van der Waals surface area (Å²) in [6.45, 7) is 8.73. The molecule has 0 amide bonds. The summed E-state index contributed by atoms with van der Waals surface area (Å²) in [6, 6.07) is 11.2. The van der Waals surface area contributed by atoms with Crippen LogP contribution in [-0.4, -0.2) is 27.8 Å². The Hall–Kier alpha value is -0.930. The predicted molar refractivity (Wildman–Crippen MR) is 90.4 cm³/mol. The van der Waals surface area contributed by atoms with Crippen LogP contribution in [0.25, 0.3) is 10.9 Å². The Kier molecular flexibility index (Phi) is 5.55. The van der Waals surface area contributed by atoms with E-state index >= 15 is 0 Å². The largest absolute Gasteiger partial charge is 0.297 e. The van der Waals surface area contributed by atoms with E-state index in [4.69, 9.17) is 0 Å². The van der Waals surface area contributed by atoms with Gasteiger partial charge >= 0.3 is 0 Å². The first-order chi connectivity index (χ1) is 9.61. The van der Waals surface area contributed by atoms with Gasteiger partial charge in [-0.15, -0.1) is 0 Å². The van der Waals surface area contributed by atoms with E-state index in [2.05, 4.69) is 76.9 Å². The highest BCUT2D eigenvalue weighted by Gasteiger charge is 2.12. The number of nitrogens with zero attached hydrogens (tertiary/aromatic N) is 2. The van der Waals surface area contributed by atoms with E-state index in [1.165, 1.54) is 17.4 Å². The molecule has 0 atom stereocenters. The van der Waals surface area contributed by atoms with Crippen molar-refractivity contribution in [2.24, 2.45) is 0 Å². The van der Waals surface area contributed by atoms with Crippen LogP contribution in [-0.2, 0) is 6.54 Å². The zero-order chi connectivity index (χ0) is 14.5. The zero-order valence-electron chi connectivity index (χ0n) is 12.6. The van der Waals surface area contributed by atoms with E-state index in [9.17, 15) is 0 Å². The highest BCUT2D eigenvalue weighted by Crippen LogP contribution is 2.20. The average Bonchev–Trinajstić information content (AvgIpc) is 2.42. The Bertz CT molecular complexity index is 566. The molecule has 20 heavy (non-hydrogen) atoms. The molecule has 2 rings (SSSR count). The van der Waals surface area contributed by atoms with Crippen molar-refractivity contribution in [3.63, 3.8) is 0 Å². The van der Waals surface area contributed by atoms with Crippen LogP contribution in [0.5, 0.6) is 0 Å². The molecule has 0 aliphatic heterocycles. The van der Waals surface area contributed by atoms with E-state index < -0.39 is 0 Å². The van der Waals surface area contributed by atoms with Gasteiger partial charge in [-0.2, -0.15) is 0 Å². The highest BCUT2D eigenvalue weighted by molar-refractivity contribution is 9.09. The van der Waals surface area contributed by atoms with Crippen molar-refractivity contribution in [3.8, 4) is 0 Å². The molecule has 0 fully saturated rings. The zero-order valence-corrected chi connectivity index (χ0v) is 14.2. The molecule has 1 heterocycles. The smallest absolute Gasteiger partial charge is 0.0708 e. The molecular formula is C17H23BrN2. The molecule has 0 aliphatic carbocycles. The second-order valence-corrected chi connectivity index (χ2v) is 6.34. The molecule has 2 nitrogen and oxygen atoms in total. The summed E-state index contributed by atoms with van der Waals surface area (Å²) in [6.07, 6.45) is 1.18. The maximum atomic E-state index is 4.62. The van der Waals surface area contributed by atoms with Crippen LogP contribution < -0.4 is 0 Å². The quantitative estimate of drug-likeness (QED) is 0.721. The van der Waals surface area contributed by atoms with Crippen LogP contribution >= 0.6 is 15.9 Å². The molecule has 0 aliphatic rings. The second kappa shape index (κ2) is 7.19. The fourth-order valence-corrected chi connectivity index (χ4v) is 2.78. The van der Waals surface area contributed by atoms with Gasteiger partial charge in [-0.3, -0.25) is 9.88 Å². The van der Waals surface area contributed by atoms with Crippen molar-refractivity contribution in [3.05, 3.63) is 41.6 Å². The number of benzene rings is 1. The van der Waals surface area contributed by atoms with Crippen molar-refractivity contribution in [1.29, 1.82) is 0 Å². The Morgan fingerprint density at radius 2 is 2.00 bits per heavy atom. The summed E-state index contributed by atoms with van der Waals surface area (Å²) in [5, 5.41) is 2.34. The molecule has 0 spiro atoms. The second-order valence-electron chi connectivity index (χ2n) is 5.55. The minimum atomic E-state index is 0.557. The minimum absolute atomic E-state index is 0.557. The SMILES string of the molecule is Cc1cc(CN(CCCBr)C(C)C)c2ccccc2n1. The lowest BCUT2D eigenvalue weighted by molar-refractivity contribution is 0.215. The predicted octanol–water partition coefficient (Wildman–Crippen LogP) is 4.54. The number of alkyl halides is 1. The lowest BCUT2D eigenvalue weighted by Gasteiger charge is -2.27. The molecule has 1 aromatic carbocycles. The maximum absolute atomic E-state index is 4.62. The monoisotopic (exact) mass is 334 g/mol. The standard InChI is InChI=1S/C17H23BrN2/c1-13(2)20(10-6-9-18)12-15-11-14(3)19-17-8-5-4-7-16(15)17/h4-5,7-8,11,13H,6,9-10,12H2,1-3H3. The Balaban J connectivity index is 2.31. The fourth-order valence-electron chi connectivity index (χ4n) is 2.53. The van der Waals surface area contributed by atoms with Gasteiger partial charge in [-0.1, -0.05) is 34.1 Å². The van der Waals surface area contributed by atoms with Crippen molar-refractivity contribution in [2.45, 2.75) is 39.8 Å². The van der Waals surface area contributed by atoms with Crippen molar-refractivity contribution in [1.82, 2.24) is 9.88 Å². The fraction of sp³-hybridized carbons (Fsp3) is 0.471. The third kappa shape index (κ3) is 3.80. The summed E-state index contributed by atoms with van der Waals surface area (Å²) < 4.78 is 0. The first-order valence-corrected chi connectivity index (χ1v) is 8.39. The number of rotatable bonds is 6. The molecule has 3 heteroatoms. The summed E-state index contributed by atoms with van der Waals surface area (Å²) >= 11 is 3.53. The summed E-state index contributed by atoms with van der Waals surface area (Å²) in [7, 11) is 0. The van der Waals surface area contributed by atoms with Crippen molar-refractivity contribution >= 4 is 26.8 Å².